The highest BCUT2D eigenvalue weighted by Gasteiger charge is 2.11. The lowest BCUT2D eigenvalue weighted by atomic mass is 10.8. The van der Waals surface area contributed by atoms with Gasteiger partial charge < -0.3 is 24.5 Å². The second-order valence-electron chi connectivity index (χ2n) is 1.48. The van der Waals surface area contributed by atoms with Crippen LogP contribution in [0.5, 0.6) is 0 Å². The topological polar surface area (TPSA) is 145 Å². The predicted octanol–water partition coefficient (Wildman–Crippen LogP) is -1.20. The Morgan fingerprint density at radius 3 is 1.54 bits per heavy atom. The Hall–Kier alpha value is -0.220. The van der Waals surface area contributed by atoms with Crippen LogP contribution in [0, 0.1) is 12.3 Å². The van der Waals surface area contributed by atoms with Crippen molar-refractivity contribution in [3.05, 3.63) is 0 Å². The van der Waals surface area contributed by atoms with Crippen molar-refractivity contribution < 1.29 is 38.1 Å². The van der Waals surface area contributed by atoms with E-state index in [1.807, 2.05) is 5.92 Å². The van der Waals surface area contributed by atoms with Gasteiger partial charge in [0.15, 0.2) is 0 Å². The molecule has 0 rings (SSSR count). The quantitative estimate of drug-likeness (QED) is 0.296. The van der Waals surface area contributed by atoms with Crippen molar-refractivity contribution in [2.75, 3.05) is 6.61 Å². The molecular weight excluding hydrogens is 226 g/mol. The maximum absolute atomic E-state index is 9.77. The number of hydrogen-bond acceptors (Lipinski definition) is 3. The van der Waals surface area contributed by atoms with Crippen LogP contribution in [0.4, 0.5) is 0 Å². The van der Waals surface area contributed by atoms with Gasteiger partial charge in [0.2, 0.25) is 0 Å². The molecule has 78 valence electrons. The van der Waals surface area contributed by atoms with Gasteiger partial charge in [-0.3, -0.25) is 4.52 Å². The third-order valence-corrected chi connectivity index (χ3v) is 0.782. The summed E-state index contributed by atoms with van der Waals surface area (Å²) in [5, 5.41) is 0. The van der Waals surface area contributed by atoms with Crippen molar-refractivity contribution in [2.45, 2.75) is 0 Å². The fourth-order valence-electron chi connectivity index (χ4n) is 0.121. The SMILES string of the molecule is C#CCOP(=O)(O)O.O=P(O)(O)O. The fourth-order valence-corrected chi connectivity index (χ4v) is 0.364. The molecule has 0 atom stereocenters. The van der Waals surface area contributed by atoms with Crippen molar-refractivity contribution in [1.82, 2.24) is 0 Å². The lowest BCUT2D eigenvalue weighted by Gasteiger charge is -1.97. The average Bonchev–Trinajstić information content (AvgIpc) is 1.77. The van der Waals surface area contributed by atoms with Crippen LogP contribution in [-0.2, 0) is 13.7 Å². The summed E-state index contributed by atoms with van der Waals surface area (Å²) in [6, 6.07) is 0. The number of rotatable bonds is 2. The summed E-state index contributed by atoms with van der Waals surface area (Å²) in [6.07, 6.45) is 4.62. The average molecular weight is 234 g/mol. The van der Waals surface area contributed by atoms with Crippen LogP contribution in [0.1, 0.15) is 0 Å². The van der Waals surface area contributed by atoms with E-state index in [2.05, 4.69) is 10.9 Å². The van der Waals surface area contributed by atoms with Gasteiger partial charge in [-0.2, -0.15) is 0 Å². The zero-order valence-electron chi connectivity index (χ0n) is 6.14. The third kappa shape index (κ3) is 49.3. The summed E-state index contributed by atoms with van der Waals surface area (Å²) in [6.45, 7) is -0.357. The van der Waals surface area contributed by atoms with Gasteiger partial charge >= 0.3 is 15.6 Å². The largest absolute Gasteiger partial charge is 0.470 e. The molecule has 0 aliphatic heterocycles. The first-order valence-corrected chi connectivity index (χ1v) is 5.57. The lowest BCUT2D eigenvalue weighted by Crippen LogP contribution is -1.86. The van der Waals surface area contributed by atoms with Gasteiger partial charge in [0.1, 0.15) is 6.61 Å². The van der Waals surface area contributed by atoms with Crippen molar-refractivity contribution in [3.8, 4) is 12.3 Å². The third-order valence-electron chi connectivity index (χ3n) is 0.316. The van der Waals surface area contributed by atoms with Crippen LogP contribution in [0.25, 0.3) is 0 Å². The van der Waals surface area contributed by atoms with Gasteiger partial charge in [-0.1, -0.05) is 5.92 Å². The van der Waals surface area contributed by atoms with E-state index >= 15 is 0 Å². The van der Waals surface area contributed by atoms with Crippen LogP contribution >= 0.6 is 15.6 Å². The van der Waals surface area contributed by atoms with Crippen LogP contribution in [0.15, 0.2) is 0 Å². The fraction of sp³-hybridized carbons (Fsp3) is 0.333. The molecule has 0 radical (unpaired) electrons. The smallest absolute Gasteiger partial charge is 0.303 e. The number of phosphoric ester groups is 1. The zero-order chi connectivity index (χ0) is 11.1. The van der Waals surface area contributed by atoms with E-state index in [1.54, 1.807) is 0 Å². The molecule has 0 spiro atoms. The van der Waals surface area contributed by atoms with Crippen LogP contribution in [0.3, 0.4) is 0 Å². The summed E-state index contributed by atoms with van der Waals surface area (Å²) in [7, 11) is -8.96. The summed E-state index contributed by atoms with van der Waals surface area (Å²) < 4.78 is 22.5. The lowest BCUT2D eigenvalue weighted by molar-refractivity contribution is 0.218. The maximum Gasteiger partial charge on any atom is 0.470 e. The highest BCUT2D eigenvalue weighted by molar-refractivity contribution is 7.46. The highest BCUT2D eigenvalue weighted by Crippen LogP contribution is 2.34. The van der Waals surface area contributed by atoms with Crippen molar-refractivity contribution in [1.29, 1.82) is 0 Å². The summed E-state index contributed by atoms with van der Waals surface area (Å²) in [4.78, 5) is 37.4. The molecule has 0 amide bonds. The van der Waals surface area contributed by atoms with Gasteiger partial charge in [0.25, 0.3) is 0 Å². The molecule has 0 fully saturated rings. The molecule has 0 aliphatic rings. The van der Waals surface area contributed by atoms with E-state index in [-0.39, 0.29) is 6.61 Å². The molecule has 0 saturated carbocycles. The molecule has 0 bridgehead atoms. The molecule has 5 N–H and O–H groups in total. The molecule has 0 aromatic carbocycles. The second-order valence-corrected chi connectivity index (χ2v) is 3.75. The molecule has 0 unspecified atom stereocenters. The molecule has 13 heavy (non-hydrogen) atoms. The van der Waals surface area contributed by atoms with E-state index in [9.17, 15) is 4.57 Å². The number of terminal acetylenes is 1. The molecule has 0 heterocycles. The Morgan fingerprint density at radius 2 is 1.46 bits per heavy atom. The van der Waals surface area contributed by atoms with Crippen molar-refractivity contribution in [2.24, 2.45) is 0 Å². The van der Waals surface area contributed by atoms with Gasteiger partial charge in [-0.15, -0.1) is 6.42 Å². The van der Waals surface area contributed by atoms with E-state index in [1.165, 1.54) is 0 Å². The molecule has 0 aromatic rings. The van der Waals surface area contributed by atoms with E-state index in [0.29, 0.717) is 0 Å². The Morgan fingerprint density at radius 1 is 1.15 bits per heavy atom. The first-order chi connectivity index (χ1) is 5.56. The van der Waals surface area contributed by atoms with Gasteiger partial charge in [-0.25, -0.2) is 9.13 Å². The molecule has 10 heteroatoms. The van der Waals surface area contributed by atoms with Crippen molar-refractivity contribution in [3.63, 3.8) is 0 Å². The first-order valence-electron chi connectivity index (χ1n) is 2.48. The Kier molecular flexibility index (Phi) is 7.36. The molecule has 8 nitrogen and oxygen atoms in total. The zero-order valence-corrected chi connectivity index (χ0v) is 7.93. The van der Waals surface area contributed by atoms with Crippen LogP contribution < -0.4 is 0 Å². The number of phosphoric acid groups is 2. The van der Waals surface area contributed by atoms with Crippen molar-refractivity contribution >= 4 is 15.6 Å². The van der Waals surface area contributed by atoms with E-state index in [0.717, 1.165) is 0 Å². The summed E-state index contributed by atoms with van der Waals surface area (Å²) in [5.41, 5.74) is 0. The van der Waals surface area contributed by atoms with Gasteiger partial charge in [-0.05, 0) is 0 Å². The first kappa shape index (κ1) is 15.3. The highest BCUT2D eigenvalue weighted by atomic mass is 31.2. The van der Waals surface area contributed by atoms with Crippen LogP contribution in [0.2, 0.25) is 0 Å². The monoisotopic (exact) mass is 234 g/mol. The number of hydrogen-bond donors (Lipinski definition) is 5. The second kappa shape index (κ2) is 6.27. The Bertz CT molecular complexity index is 245. The Balaban J connectivity index is 0. The predicted molar refractivity (Wildman–Crippen MR) is 41.1 cm³/mol. The maximum atomic E-state index is 9.77. The normalized spacial score (nSPS) is 11.1. The minimum absolute atomic E-state index is 0.357. The molecule has 0 aromatic heterocycles. The minimum Gasteiger partial charge on any atom is -0.303 e. The minimum atomic E-state index is -4.64. The Labute approximate surface area is 73.7 Å². The van der Waals surface area contributed by atoms with Crippen LogP contribution in [-0.4, -0.2) is 31.1 Å². The van der Waals surface area contributed by atoms with Gasteiger partial charge in [0, 0.05) is 0 Å². The summed E-state index contributed by atoms with van der Waals surface area (Å²) in [5.74, 6) is 1.91. The van der Waals surface area contributed by atoms with Gasteiger partial charge in [0.05, 0.1) is 0 Å². The molecule has 0 aliphatic carbocycles. The standard InChI is InChI=1S/C3H5O4P.H3O4P/c1-2-3-7-8(4,5)6;1-5(2,3)4/h1H,3H2,(H2,4,5,6);(H3,1,2,3,4). The summed E-state index contributed by atoms with van der Waals surface area (Å²) >= 11 is 0. The molecular formula is C3H8O8P2. The molecule has 0 saturated heterocycles. The van der Waals surface area contributed by atoms with E-state index < -0.39 is 15.6 Å². The van der Waals surface area contributed by atoms with E-state index in [4.69, 9.17) is 29.0 Å².